The lowest BCUT2D eigenvalue weighted by molar-refractivity contribution is -0.126. The van der Waals surface area contributed by atoms with Crippen LogP contribution in [0, 0.1) is 19.7 Å². The van der Waals surface area contributed by atoms with Crippen LogP contribution in [0.3, 0.4) is 0 Å². The molecule has 2 N–H and O–H groups in total. The fourth-order valence-electron chi connectivity index (χ4n) is 4.59. The van der Waals surface area contributed by atoms with Gasteiger partial charge < -0.3 is 15.1 Å². The van der Waals surface area contributed by atoms with Gasteiger partial charge in [0.2, 0.25) is 11.8 Å². The Bertz CT molecular complexity index is 1240. The molecule has 2 aromatic carbocycles. The first-order valence-corrected chi connectivity index (χ1v) is 12.1. The van der Waals surface area contributed by atoms with E-state index >= 15 is 4.39 Å². The summed E-state index contributed by atoms with van der Waals surface area (Å²) in [5, 5.41) is 5.58. The van der Waals surface area contributed by atoms with Gasteiger partial charge in [0.1, 0.15) is 11.9 Å². The zero-order chi connectivity index (χ0) is 25.7. The van der Waals surface area contributed by atoms with Crippen LogP contribution in [0.25, 0.3) is 0 Å². The molecule has 0 unspecified atom stereocenters. The van der Waals surface area contributed by atoms with E-state index < -0.39 is 36.1 Å². The van der Waals surface area contributed by atoms with Crippen molar-refractivity contribution in [3.63, 3.8) is 0 Å². The van der Waals surface area contributed by atoms with Crippen LogP contribution >= 0.6 is 0 Å². The standard InChI is InChI=1S/C28H30FN3O4/c1-18-9-7-14-23(19(18)2)32(25(33)17-30-27(34)24-15-8-16-36-24)26(21-12-5-6-13-22(21)29)28(35)31-20-10-3-4-11-20/h5-9,12-16,20,26H,3-4,10-11,17H2,1-2H3,(H,30,34)(H,31,35)/t26-/m0/s1. The Kier molecular flexibility index (Phi) is 7.83. The third-order valence-electron chi connectivity index (χ3n) is 6.66. The summed E-state index contributed by atoms with van der Waals surface area (Å²) in [5.41, 5.74) is 2.24. The van der Waals surface area contributed by atoms with Crippen LogP contribution in [0.2, 0.25) is 0 Å². The Morgan fingerprint density at radius 2 is 1.78 bits per heavy atom. The maximum atomic E-state index is 15.1. The molecule has 1 atom stereocenters. The number of anilines is 1. The lowest BCUT2D eigenvalue weighted by Crippen LogP contribution is -2.49. The first-order valence-electron chi connectivity index (χ1n) is 12.1. The Labute approximate surface area is 209 Å². The average Bonchev–Trinajstić information content (AvgIpc) is 3.58. The Hall–Kier alpha value is -3.94. The second-order valence-corrected chi connectivity index (χ2v) is 9.06. The molecule has 0 aliphatic heterocycles. The maximum Gasteiger partial charge on any atom is 0.287 e. The van der Waals surface area contributed by atoms with Crippen molar-refractivity contribution in [1.82, 2.24) is 10.6 Å². The second-order valence-electron chi connectivity index (χ2n) is 9.06. The van der Waals surface area contributed by atoms with E-state index in [1.165, 1.54) is 29.4 Å². The van der Waals surface area contributed by atoms with Gasteiger partial charge in [0.25, 0.3) is 5.91 Å². The summed E-state index contributed by atoms with van der Waals surface area (Å²) in [6, 6.07) is 13.1. The van der Waals surface area contributed by atoms with Crippen molar-refractivity contribution in [2.75, 3.05) is 11.4 Å². The Balaban J connectivity index is 1.74. The molecule has 8 heteroatoms. The van der Waals surface area contributed by atoms with E-state index in [9.17, 15) is 14.4 Å². The molecule has 1 aromatic heterocycles. The van der Waals surface area contributed by atoms with Gasteiger partial charge in [-0.05, 0) is 62.1 Å². The number of carbonyl (C=O) groups excluding carboxylic acids is 3. The quantitative estimate of drug-likeness (QED) is 0.482. The Morgan fingerprint density at radius 3 is 2.47 bits per heavy atom. The summed E-state index contributed by atoms with van der Waals surface area (Å²) in [7, 11) is 0. The molecule has 188 valence electrons. The van der Waals surface area contributed by atoms with E-state index in [4.69, 9.17) is 4.42 Å². The largest absolute Gasteiger partial charge is 0.459 e. The normalized spacial score (nSPS) is 14.3. The highest BCUT2D eigenvalue weighted by molar-refractivity contribution is 6.04. The van der Waals surface area contributed by atoms with E-state index in [0.717, 1.165) is 36.8 Å². The molecular formula is C28H30FN3O4. The average molecular weight is 492 g/mol. The molecule has 36 heavy (non-hydrogen) atoms. The summed E-state index contributed by atoms with van der Waals surface area (Å²) in [5.74, 6) is -2.11. The Morgan fingerprint density at radius 1 is 1.03 bits per heavy atom. The van der Waals surface area contributed by atoms with Crippen molar-refractivity contribution in [3.8, 4) is 0 Å². The topological polar surface area (TPSA) is 91.7 Å². The SMILES string of the molecule is Cc1cccc(N(C(=O)CNC(=O)c2ccco2)[C@H](C(=O)NC2CCCC2)c2ccccc2F)c1C. The van der Waals surface area contributed by atoms with Crippen molar-refractivity contribution in [2.45, 2.75) is 51.6 Å². The molecule has 1 fully saturated rings. The lowest BCUT2D eigenvalue weighted by atomic mass is 9.99. The van der Waals surface area contributed by atoms with Gasteiger partial charge in [-0.2, -0.15) is 0 Å². The number of halogens is 1. The molecule has 1 saturated carbocycles. The van der Waals surface area contributed by atoms with Crippen LogP contribution in [0.4, 0.5) is 10.1 Å². The predicted molar refractivity (Wildman–Crippen MR) is 134 cm³/mol. The molecule has 3 aromatic rings. The first-order chi connectivity index (χ1) is 17.4. The number of furan rings is 1. The second kappa shape index (κ2) is 11.2. The van der Waals surface area contributed by atoms with Gasteiger partial charge in [-0.1, -0.05) is 43.2 Å². The van der Waals surface area contributed by atoms with Gasteiger partial charge in [0, 0.05) is 17.3 Å². The molecule has 0 saturated heterocycles. The van der Waals surface area contributed by atoms with E-state index in [1.54, 1.807) is 30.3 Å². The summed E-state index contributed by atoms with van der Waals surface area (Å²) >= 11 is 0. The predicted octanol–water partition coefficient (Wildman–Crippen LogP) is 4.60. The number of nitrogens with one attached hydrogen (secondary N) is 2. The smallest absolute Gasteiger partial charge is 0.287 e. The highest BCUT2D eigenvalue weighted by Gasteiger charge is 2.36. The number of nitrogens with zero attached hydrogens (tertiary/aromatic N) is 1. The third-order valence-corrected chi connectivity index (χ3v) is 6.66. The molecule has 3 amide bonds. The number of hydrogen-bond acceptors (Lipinski definition) is 4. The van der Waals surface area contributed by atoms with Crippen molar-refractivity contribution in [2.24, 2.45) is 0 Å². The molecule has 1 heterocycles. The van der Waals surface area contributed by atoms with E-state index in [0.29, 0.717) is 5.69 Å². The van der Waals surface area contributed by atoms with Crippen molar-refractivity contribution >= 4 is 23.4 Å². The molecule has 4 rings (SSSR count). The van der Waals surface area contributed by atoms with Crippen molar-refractivity contribution in [1.29, 1.82) is 0 Å². The number of carbonyl (C=O) groups is 3. The number of amides is 3. The summed E-state index contributed by atoms with van der Waals surface area (Å²) < 4.78 is 20.2. The summed E-state index contributed by atoms with van der Waals surface area (Å²) in [6.07, 6.45) is 5.06. The van der Waals surface area contributed by atoms with Crippen LogP contribution in [0.1, 0.15) is 59.0 Å². The minimum Gasteiger partial charge on any atom is -0.459 e. The summed E-state index contributed by atoms with van der Waals surface area (Å²) in [6.45, 7) is 3.34. The maximum absolute atomic E-state index is 15.1. The van der Waals surface area contributed by atoms with E-state index in [-0.39, 0.29) is 17.4 Å². The van der Waals surface area contributed by atoms with Gasteiger partial charge in [-0.3, -0.25) is 19.3 Å². The number of hydrogen-bond donors (Lipinski definition) is 2. The lowest BCUT2D eigenvalue weighted by Gasteiger charge is -2.34. The molecule has 0 radical (unpaired) electrons. The minimum absolute atomic E-state index is 0.0269. The molecule has 7 nitrogen and oxygen atoms in total. The van der Waals surface area contributed by atoms with Crippen LogP contribution in [0.15, 0.2) is 65.3 Å². The van der Waals surface area contributed by atoms with Gasteiger partial charge in [-0.25, -0.2) is 4.39 Å². The fourth-order valence-corrected chi connectivity index (χ4v) is 4.59. The van der Waals surface area contributed by atoms with Gasteiger partial charge in [0.05, 0.1) is 12.8 Å². The zero-order valence-corrected chi connectivity index (χ0v) is 20.4. The number of aryl methyl sites for hydroxylation is 1. The fraction of sp³-hybridized carbons (Fsp3) is 0.321. The van der Waals surface area contributed by atoms with Gasteiger partial charge in [0.15, 0.2) is 5.76 Å². The van der Waals surface area contributed by atoms with Crippen LogP contribution < -0.4 is 15.5 Å². The number of benzene rings is 2. The van der Waals surface area contributed by atoms with Crippen LogP contribution in [0.5, 0.6) is 0 Å². The monoisotopic (exact) mass is 491 g/mol. The molecular weight excluding hydrogens is 461 g/mol. The molecule has 1 aliphatic rings. The van der Waals surface area contributed by atoms with Crippen LogP contribution in [-0.4, -0.2) is 30.3 Å². The molecule has 1 aliphatic carbocycles. The van der Waals surface area contributed by atoms with Gasteiger partial charge >= 0.3 is 0 Å². The van der Waals surface area contributed by atoms with Gasteiger partial charge in [-0.15, -0.1) is 0 Å². The van der Waals surface area contributed by atoms with E-state index in [2.05, 4.69) is 10.6 Å². The van der Waals surface area contributed by atoms with E-state index in [1.807, 2.05) is 19.9 Å². The minimum atomic E-state index is -1.26. The van der Waals surface area contributed by atoms with Crippen molar-refractivity contribution in [3.05, 3.63) is 89.1 Å². The van der Waals surface area contributed by atoms with Crippen LogP contribution in [-0.2, 0) is 9.59 Å². The third kappa shape index (κ3) is 5.48. The summed E-state index contributed by atoms with van der Waals surface area (Å²) in [4.78, 5) is 41.2. The first kappa shape index (κ1) is 25.2. The molecule has 0 bridgehead atoms. The van der Waals surface area contributed by atoms with Crippen molar-refractivity contribution < 1.29 is 23.2 Å². The highest BCUT2D eigenvalue weighted by atomic mass is 19.1. The number of rotatable bonds is 8. The highest BCUT2D eigenvalue weighted by Crippen LogP contribution is 2.33. The molecule has 0 spiro atoms. The zero-order valence-electron chi connectivity index (χ0n) is 20.4.